The van der Waals surface area contributed by atoms with Crippen molar-refractivity contribution in [2.45, 2.75) is 13.5 Å². The highest BCUT2D eigenvalue weighted by Crippen LogP contribution is 2.11. The Balaban J connectivity index is 2.05. The molecule has 0 aliphatic carbocycles. The molecule has 2 rings (SSSR count). The maximum absolute atomic E-state index is 5.36. The van der Waals surface area contributed by atoms with Crippen LogP contribution in [0.2, 0.25) is 0 Å². The Morgan fingerprint density at radius 3 is 2.82 bits per heavy atom. The molecule has 1 N–H and O–H groups in total. The fourth-order valence-electron chi connectivity index (χ4n) is 1.61. The molecule has 0 unspecified atom stereocenters. The molecule has 1 heterocycles. The van der Waals surface area contributed by atoms with E-state index in [1.54, 1.807) is 0 Å². The topological polar surface area (TPSA) is 24.9 Å². The molecule has 0 amide bonds. The van der Waals surface area contributed by atoms with Gasteiger partial charge in [-0.2, -0.15) is 0 Å². The van der Waals surface area contributed by atoms with Gasteiger partial charge >= 0.3 is 0 Å². The molecular weight excluding hydrogens is 208 g/mol. The van der Waals surface area contributed by atoms with Gasteiger partial charge in [0.15, 0.2) is 0 Å². The Hall–Kier alpha value is -2.27. The molecule has 0 radical (unpaired) electrons. The van der Waals surface area contributed by atoms with E-state index in [1.165, 1.54) is 0 Å². The summed E-state index contributed by atoms with van der Waals surface area (Å²) in [6.07, 6.45) is 5.36. The smallest absolute Gasteiger partial charge is 0.0597 e. The molecule has 0 aliphatic heterocycles. The fourth-order valence-corrected chi connectivity index (χ4v) is 1.61. The lowest BCUT2D eigenvalue weighted by Crippen LogP contribution is -2.02. The lowest BCUT2D eigenvalue weighted by Gasteiger charge is -2.06. The van der Waals surface area contributed by atoms with Crippen molar-refractivity contribution < 1.29 is 0 Å². The van der Waals surface area contributed by atoms with Crippen LogP contribution in [0.25, 0.3) is 0 Å². The maximum Gasteiger partial charge on any atom is 0.0597 e. The first kappa shape index (κ1) is 11.2. The van der Waals surface area contributed by atoms with Crippen molar-refractivity contribution in [2.75, 3.05) is 5.32 Å². The van der Waals surface area contributed by atoms with Gasteiger partial charge in [0, 0.05) is 16.9 Å². The molecule has 84 valence electrons. The number of hydrogen-bond acceptors (Lipinski definition) is 2. The number of benzene rings is 1. The molecule has 0 bridgehead atoms. The van der Waals surface area contributed by atoms with E-state index < -0.39 is 0 Å². The van der Waals surface area contributed by atoms with Gasteiger partial charge in [0.2, 0.25) is 0 Å². The Kier molecular flexibility index (Phi) is 3.42. The van der Waals surface area contributed by atoms with Crippen LogP contribution >= 0.6 is 0 Å². The van der Waals surface area contributed by atoms with Crippen molar-refractivity contribution >= 4 is 5.69 Å². The average molecular weight is 222 g/mol. The molecule has 1 aromatic heterocycles. The summed E-state index contributed by atoms with van der Waals surface area (Å²) in [6, 6.07) is 13.8. The first-order chi connectivity index (χ1) is 8.28. The Bertz CT molecular complexity index is 553. The molecule has 0 atom stereocenters. The second-order valence-electron chi connectivity index (χ2n) is 3.85. The van der Waals surface area contributed by atoms with Gasteiger partial charge in [-0.05, 0) is 37.3 Å². The Labute approximate surface area is 102 Å². The lowest BCUT2D eigenvalue weighted by molar-refractivity contribution is 1.02. The normalized spacial score (nSPS) is 9.65. The third kappa shape index (κ3) is 3.09. The number of nitrogens with one attached hydrogen (secondary N) is 1. The highest BCUT2D eigenvalue weighted by atomic mass is 14.9. The number of hydrogen-bond donors (Lipinski definition) is 1. The monoisotopic (exact) mass is 222 g/mol. The maximum atomic E-state index is 5.36. The molecule has 2 heteroatoms. The average Bonchev–Trinajstić information content (AvgIpc) is 2.37. The second-order valence-corrected chi connectivity index (χ2v) is 3.85. The van der Waals surface area contributed by atoms with Crippen LogP contribution in [0.5, 0.6) is 0 Å². The van der Waals surface area contributed by atoms with Crippen molar-refractivity contribution in [1.29, 1.82) is 0 Å². The van der Waals surface area contributed by atoms with Crippen molar-refractivity contribution in [2.24, 2.45) is 0 Å². The van der Waals surface area contributed by atoms with Gasteiger partial charge in [-0.3, -0.25) is 4.98 Å². The number of terminal acetylenes is 1. The summed E-state index contributed by atoms with van der Waals surface area (Å²) in [5.74, 6) is 2.62. The number of rotatable bonds is 3. The van der Waals surface area contributed by atoms with Crippen molar-refractivity contribution in [3.8, 4) is 12.3 Å². The van der Waals surface area contributed by atoms with E-state index in [2.05, 4.69) is 16.2 Å². The van der Waals surface area contributed by atoms with Crippen LogP contribution in [0, 0.1) is 19.3 Å². The van der Waals surface area contributed by atoms with E-state index >= 15 is 0 Å². The Morgan fingerprint density at radius 2 is 2.06 bits per heavy atom. The summed E-state index contributed by atoms with van der Waals surface area (Å²) in [7, 11) is 0. The van der Waals surface area contributed by atoms with Gasteiger partial charge in [0.25, 0.3) is 0 Å². The van der Waals surface area contributed by atoms with Gasteiger partial charge < -0.3 is 5.32 Å². The minimum Gasteiger partial charge on any atom is -0.379 e. The molecule has 0 spiro atoms. The summed E-state index contributed by atoms with van der Waals surface area (Å²) in [5, 5.41) is 3.30. The molecular formula is C15H14N2. The van der Waals surface area contributed by atoms with Crippen LogP contribution < -0.4 is 5.32 Å². The van der Waals surface area contributed by atoms with Gasteiger partial charge in [-0.15, -0.1) is 6.42 Å². The predicted octanol–water partition coefficient (Wildman–Crippen LogP) is 2.98. The van der Waals surface area contributed by atoms with E-state index in [1.807, 2.05) is 49.4 Å². The predicted molar refractivity (Wildman–Crippen MR) is 70.7 cm³/mol. The van der Waals surface area contributed by atoms with Crippen LogP contribution in [0.1, 0.15) is 17.0 Å². The third-order valence-electron chi connectivity index (χ3n) is 2.45. The molecule has 2 nitrogen and oxygen atoms in total. The first-order valence-electron chi connectivity index (χ1n) is 5.51. The van der Waals surface area contributed by atoms with Crippen LogP contribution in [0.4, 0.5) is 5.69 Å². The van der Waals surface area contributed by atoms with Crippen LogP contribution in [-0.2, 0) is 6.54 Å². The second kappa shape index (κ2) is 5.18. The van der Waals surface area contributed by atoms with E-state index in [0.29, 0.717) is 6.54 Å². The number of aryl methyl sites for hydroxylation is 1. The largest absolute Gasteiger partial charge is 0.379 e. The summed E-state index contributed by atoms with van der Waals surface area (Å²) < 4.78 is 0. The molecule has 0 saturated carbocycles. The first-order valence-corrected chi connectivity index (χ1v) is 5.51. The number of aromatic nitrogens is 1. The highest BCUT2D eigenvalue weighted by molar-refractivity contribution is 5.50. The lowest BCUT2D eigenvalue weighted by atomic mass is 10.2. The summed E-state index contributed by atoms with van der Waals surface area (Å²) in [6.45, 7) is 2.69. The van der Waals surface area contributed by atoms with Gasteiger partial charge in [0.05, 0.1) is 12.2 Å². The third-order valence-corrected chi connectivity index (χ3v) is 2.45. The molecule has 2 aromatic rings. The van der Waals surface area contributed by atoms with E-state index in [-0.39, 0.29) is 0 Å². The standard InChI is InChI=1S/C15H14N2/c1-3-13-7-5-8-14(10-13)16-11-15-9-4-6-12(2)17-15/h1,4-10,16H,11H2,2H3. The van der Waals surface area contributed by atoms with Crippen LogP contribution in [0.3, 0.4) is 0 Å². The molecule has 0 saturated heterocycles. The molecule has 0 aliphatic rings. The zero-order valence-electron chi connectivity index (χ0n) is 9.77. The van der Waals surface area contributed by atoms with Crippen molar-refractivity contribution in [3.63, 3.8) is 0 Å². The van der Waals surface area contributed by atoms with Gasteiger partial charge in [-0.1, -0.05) is 18.1 Å². The van der Waals surface area contributed by atoms with Crippen molar-refractivity contribution in [1.82, 2.24) is 4.98 Å². The zero-order chi connectivity index (χ0) is 12.1. The van der Waals surface area contributed by atoms with Crippen molar-refractivity contribution in [3.05, 3.63) is 59.4 Å². The summed E-state index contributed by atoms with van der Waals surface area (Å²) in [4.78, 5) is 4.43. The molecule has 0 fully saturated rings. The minimum atomic E-state index is 0.704. The van der Waals surface area contributed by atoms with E-state index in [4.69, 9.17) is 6.42 Å². The number of nitrogens with zero attached hydrogens (tertiary/aromatic N) is 1. The molecule has 17 heavy (non-hydrogen) atoms. The van der Waals surface area contributed by atoms with Crippen LogP contribution in [0.15, 0.2) is 42.5 Å². The fraction of sp³-hybridized carbons (Fsp3) is 0.133. The van der Waals surface area contributed by atoms with Gasteiger partial charge in [-0.25, -0.2) is 0 Å². The van der Waals surface area contributed by atoms with E-state index in [9.17, 15) is 0 Å². The highest BCUT2D eigenvalue weighted by Gasteiger charge is 1.96. The van der Waals surface area contributed by atoms with Gasteiger partial charge in [0.1, 0.15) is 0 Å². The van der Waals surface area contributed by atoms with Crippen LogP contribution in [-0.4, -0.2) is 4.98 Å². The zero-order valence-corrected chi connectivity index (χ0v) is 9.77. The quantitative estimate of drug-likeness (QED) is 0.807. The molecule has 1 aromatic carbocycles. The number of pyridine rings is 1. The SMILES string of the molecule is C#Cc1cccc(NCc2cccc(C)n2)c1. The minimum absolute atomic E-state index is 0.704. The number of anilines is 1. The summed E-state index contributed by atoms with van der Waals surface area (Å²) >= 11 is 0. The Morgan fingerprint density at radius 1 is 1.24 bits per heavy atom. The van der Waals surface area contributed by atoms with E-state index in [0.717, 1.165) is 22.6 Å². The summed E-state index contributed by atoms with van der Waals surface area (Å²) in [5.41, 5.74) is 3.95.